The van der Waals surface area contributed by atoms with Crippen LogP contribution in [-0.4, -0.2) is 44.3 Å². The Kier molecular flexibility index (Phi) is 9.06. The Balaban J connectivity index is 3.83. The van der Waals surface area contributed by atoms with Crippen molar-refractivity contribution in [1.82, 2.24) is 4.90 Å². The minimum absolute atomic E-state index is 0.593. The Morgan fingerprint density at radius 2 is 1.93 bits per heavy atom. The van der Waals surface area contributed by atoms with Gasteiger partial charge in [-0.05, 0) is 39.3 Å². The lowest BCUT2D eigenvalue weighted by atomic mass is 10.0. The number of nitrogens with zero attached hydrogens (tertiary/aromatic N) is 1. The van der Waals surface area contributed by atoms with Crippen LogP contribution in [0.1, 0.15) is 33.6 Å². The van der Waals surface area contributed by atoms with Gasteiger partial charge in [0.1, 0.15) is 0 Å². The summed E-state index contributed by atoms with van der Waals surface area (Å²) in [6.07, 6.45) is 2.39. The first kappa shape index (κ1) is 14.9. The van der Waals surface area contributed by atoms with Crippen molar-refractivity contribution in [3.8, 4) is 0 Å². The molecule has 3 nitrogen and oxygen atoms in total. The zero-order valence-corrected chi connectivity index (χ0v) is 10.8. The Bertz CT molecular complexity index is 136. The number of nitrogens with two attached hydrogens (primary N) is 1. The number of hydrogen-bond acceptors (Lipinski definition) is 3. The summed E-state index contributed by atoms with van der Waals surface area (Å²) < 4.78 is 5.12. The lowest BCUT2D eigenvalue weighted by molar-refractivity contribution is 0.124. The van der Waals surface area contributed by atoms with E-state index < -0.39 is 0 Å². The maximum absolute atomic E-state index is 5.70. The van der Waals surface area contributed by atoms with E-state index in [-0.39, 0.29) is 0 Å². The third-order valence-electron chi connectivity index (χ3n) is 3.05. The maximum Gasteiger partial charge on any atom is 0.0589 e. The second-order valence-corrected chi connectivity index (χ2v) is 4.42. The van der Waals surface area contributed by atoms with Crippen molar-refractivity contribution < 1.29 is 4.74 Å². The molecule has 0 aromatic rings. The van der Waals surface area contributed by atoms with Crippen LogP contribution < -0.4 is 5.73 Å². The second-order valence-electron chi connectivity index (χ2n) is 4.42. The summed E-state index contributed by atoms with van der Waals surface area (Å²) in [6.45, 7) is 10.5. The van der Waals surface area contributed by atoms with Crippen molar-refractivity contribution in [3.63, 3.8) is 0 Å². The predicted octanol–water partition coefficient (Wildman–Crippen LogP) is 1.72. The van der Waals surface area contributed by atoms with Crippen molar-refractivity contribution in [2.24, 2.45) is 11.7 Å². The fourth-order valence-electron chi connectivity index (χ4n) is 1.67. The maximum atomic E-state index is 5.70. The highest BCUT2D eigenvalue weighted by Crippen LogP contribution is 2.09. The zero-order valence-electron chi connectivity index (χ0n) is 10.8. The number of methoxy groups -OCH3 is 1. The van der Waals surface area contributed by atoms with Gasteiger partial charge < -0.3 is 10.5 Å². The lowest BCUT2D eigenvalue weighted by Crippen LogP contribution is -2.36. The van der Waals surface area contributed by atoms with Crippen LogP contribution in [0.15, 0.2) is 0 Å². The van der Waals surface area contributed by atoms with Gasteiger partial charge in [0, 0.05) is 19.7 Å². The molecule has 0 rings (SSSR count). The molecule has 1 atom stereocenters. The molecule has 0 heterocycles. The van der Waals surface area contributed by atoms with Gasteiger partial charge in [-0.25, -0.2) is 0 Å². The predicted molar refractivity (Wildman–Crippen MR) is 66.0 cm³/mol. The van der Waals surface area contributed by atoms with E-state index in [1.54, 1.807) is 7.11 Å². The van der Waals surface area contributed by atoms with Gasteiger partial charge in [0.15, 0.2) is 0 Å². The quantitative estimate of drug-likeness (QED) is 0.638. The monoisotopic (exact) mass is 216 g/mol. The fourth-order valence-corrected chi connectivity index (χ4v) is 1.67. The summed E-state index contributed by atoms with van der Waals surface area (Å²) >= 11 is 0. The number of hydrogen-bond donors (Lipinski definition) is 1. The topological polar surface area (TPSA) is 38.5 Å². The standard InChI is InChI=1S/C12H28N2O/c1-5-12(10-13)6-7-14(11(2)3)8-9-15-4/h11-12H,5-10,13H2,1-4H3. The average Bonchev–Trinajstić information content (AvgIpc) is 2.23. The second kappa shape index (κ2) is 9.13. The molecule has 0 aliphatic rings. The minimum Gasteiger partial charge on any atom is -0.383 e. The van der Waals surface area contributed by atoms with E-state index in [1.165, 1.54) is 12.8 Å². The number of rotatable bonds is 9. The molecule has 0 saturated carbocycles. The van der Waals surface area contributed by atoms with Gasteiger partial charge in [-0.1, -0.05) is 13.3 Å². The molecule has 0 spiro atoms. The summed E-state index contributed by atoms with van der Waals surface area (Å²) in [5, 5.41) is 0. The highest BCUT2D eigenvalue weighted by atomic mass is 16.5. The molecule has 0 radical (unpaired) electrons. The van der Waals surface area contributed by atoms with Gasteiger partial charge in [-0.3, -0.25) is 4.90 Å². The fraction of sp³-hybridized carbons (Fsp3) is 1.00. The summed E-state index contributed by atoms with van der Waals surface area (Å²) in [5.41, 5.74) is 5.70. The highest BCUT2D eigenvalue weighted by Gasteiger charge is 2.11. The SMILES string of the molecule is CCC(CN)CCN(CCOC)C(C)C. The van der Waals surface area contributed by atoms with Crippen LogP contribution in [-0.2, 0) is 4.74 Å². The first-order valence-corrected chi connectivity index (χ1v) is 6.08. The molecule has 2 N–H and O–H groups in total. The van der Waals surface area contributed by atoms with Crippen LogP contribution in [0.25, 0.3) is 0 Å². The van der Waals surface area contributed by atoms with Gasteiger partial charge in [0.25, 0.3) is 0 Å². The van der Waals surface area contributed by atoms with Gasteiger partial charge >= 0.3 is 0 Å². The summed E-state index contributed by atoms with van der Waals surface area (Å²) in [5.74, 6) is 0.675. The van der Waals surface area contributed by atoms with Gasteiger partial charge in [0.2, 0.25) is 0 Å². The summed E-state index contributed by atoms with van der Waals surface area (Å²) in [6, 6.07) is 0.593. The molecule has 0 aliphatic carbocycles. The summed E-state index contributed by atoms with van der Waals surface area (Å²) in [7, 11) is 1.76. The van der Waals surface area contributed by atoms with Gasteiger partial charge in [0.05, 0.1) is 6.61 Å². The van der Waals surface area contributed by atoms with Crippen molar-refractivity contribution >= 4 is 0 Å². The molecule has 0 amide bonds. The Morgan fingerprint density at radius 1 is 1.27 bits per heavy atom. The van der Waals surface area contributed by atoms with Crippen LogP contribution in [0.4, 0.5) is 0 Å². The minimum atomic E-state index is 0.593. The van der Waals surface area contributed by atoms with E-state index >= 15 is 0 Å². The van der Waals surface area contributed by atoms with Crippen molar-refractivity contribution in [3.05, 3.63) is 0 Å². The molecular weight excluding hydrogens is 188 g/mol. The van der Waals surface area contributed by atoms with Crippen LogP contribution in [0.2, 0.25) is 0 Å². The molecule has 0 bridgehead atoms. The van der Waals surface area contributed by atoms with E-state index in [0.717, 1.165) is 26.2 Å². The molecule has 1 unspecified atom stereocenters. The van der Waals surface area contributed by atoms with Gasteiger partial charge in [-0.2, -0.15) is 0 Å². The molecule has 92 valence electrons. The molecule has 0 saturated heterocycles. The van der Waals surface area contributed by atoms with E-state index in [2.05, 4.69) is 25.7 Å². The van der Waals surface area contributed by atoms with E-state index in [0.29, 0.717) is 12.0 Å². The van der Waals surface area contributed by atoms with Gasteiger partial charge in [-0.15, -0.1) is 0 Å². The molecule has 0 aromatic heterocycles. The molecule has 0 aromatic carbocycles. The first-order chi connectivity index (χ1) is 7.15. The van der Waals surface area contributed by atoms with E-state index in [1.807, 2.05) is 0 Å². The zero-order chi connectivity index (χ0) is 11.7. The third-order valence-corrected chi connectivity index (χ3v) is 3.05. The highest BCUT2D eigenvalue weighted by molar-refractivity contribution is 4.66. The van der Waals surface area contributed by atoms with Crippen LogP contribution in [0, 0.1) is 5.92 Å². The van der Waals surface area contributed by atoms with Crippen molar-refractivity contribution in [1.29, 1.82) is 0 Å². The van der Waals surface area contributed by atoms with Crippen molar-refractivity contribution in [2.75, 3.05) is 33.4 Å². The van der Waals surface area contributed by atoms with E-state index in [9.17, 15) is 0 Å². The van der Waals surface area contributed by atoms with Crippen LogP contribution in [0.3, 0.4) is 0 Å². The Morgan fingerprint density at radius 3 is 2.33 bits per heavy atom. The Hall–Kier alpha value is -0.120. The van der Waals surface area contributed by atoms with Crippen molar-refractivity contribution in [2.45, 2.75) is 39.7 Å². The molecular formula is C12H28N2O. The molecule has 3 heteroatoms. The average molecular weight is 216 g/mol. The molecule has 0 fully saturated rings. The molecule has 0 aliphatic heterocycles. The van der Waals surface area contributed by atoms with Crippen LogP contribution >= 0.6 is 0 Å². The smallest absolute Gasteiger partial charge is 0.0589 e. The van der Waals surface area contributed by atoms with E-state index in [4.69, 9.17) is 10.5 Å². The summed E-state index contributed by atoms with van der Waals surface area (Å²) in [4.78, 5) is 2.46. The van der Waals surface area contributed by atoms with Crippen LogP contribution in [0.5, 0.6) is 0 Å². The third kappa shape index (κ3) is 6.88. The largest absolute Gasteiger partial charge is 0.383 e. The first-order valence-electron chi connectivity index (χ1n) is 6.08. The normalized spacial score (nSPS) is 13.8. The lowest BCUT2D eigenvalue weighted by Gasteiger charge is -2.27. The molecule has 15 heavy (non-hydrogen) atoms. The number of ether oxygens (including phenoxy) is 1. The Labute approximate surface area is 95.0 Å².